The molecule has 32 heavy (non-hydrogen) atoms. The Balaban J connectivity index is 1.88. The summed E-state index contributed by atoms with van der Waals surface area (Å²) in [6.45, 7) is 0. The minimum absolute atomic E-state index is 0.173. The van der Waals surface area contributed by atoms with Crippen molar-refractivity contribution >= 4 is 45.6 Å². The average molecular weight is 435 g/mol. The molecule has 6 aromatic rings. The number of aromatic nitrogens is 3. The van der Waals surface area contributed by atoms with E-state index in [0.717, 1.165) is 0 Å². The molecule has 0 aliphatic rings. The summed E-state index contributed by atoms with van der Waals surface area (Å²) in [7, 11) is -3.42. The van der Waals surface area contributed by atoms with Crippen LogP contribution in [0.25, 0.3) is 27.7 Å². The molecule has 5 nitrogen and oxygen atoms in total. The molecule has 0 N–H and O–H groups in total. The summed E-state index contributed by atoms with van der Waals surface area (Å²) < 4.78 is 18.5. The van der Waals surface area contributed by atoms with Gasteiger partial charge >= 0.3 is 0 Å². The van der Waals surface area contributed by atoms with E-state index in [9.17, 15) is 4.79 Å². The topological polar surface area (TPSA) is 56.4 Å². The highest BCUT2D eigenvalue weighted by Gasteiger charge is 2.34. The van der Waals surface area contributed by atoms with Crippen LogP contribution in [0.15, 0.2) is 114 Å². The fourth-order valence-corrected chi connectivity index (χ4v) is 7.11. The Kier molecular flexibility index (Phi) is 4.14. The van der Waals surface area contributed by atoms with Crippen LogP contribution in [0, 0.1) is 0 Å². The summed E-state index contributed by atoms with van der Waals surface area (Å²) in [6.07, 6.45) is 0. The fraction of sp³-hybridized carbons (Fsp3) is 0. The van der Waals surface area contributed by atoms with Crippen LogP contribution in [-0.2, 0) is 4.57 Å². The van der Waals surface area contributed by atoms with Crippen LogP contribution >= 0.6 is 7.29 Å². The maximum absolute atomic E-state index is 15.2. The van der Waals surface area contributed by atoms with Crippen molar-refractivity contribution in [3.05, 3.63) is 120 Å². The quantitative estimate of drug-likeness (QED) is 0.383. The van der Waals surface area contributed by atoms with E-state index in [1.807, 2.05) is 103 Å². The van der Waals surface area contributed by atoms with Gasteiger partial charge in [0.2, 0.25) is 13.1 Å². The SMILES string of the molecule is O=c1c2ccccc2nc2n(P(=O)(c3ccccc3)c3ccccc3)c3ccccc3n12. The lowest BCUT2D eigenvalue weighted by Crippen LogP contribution is -2.23. The van der Waals surface area contributed by atoms with Gasteiger partial charge in [-0.2, -0.15) is 0 Å². The molecule has 0 aliphatic carbocycles. The molecule has 4 aromatic carbocycles. The molecule has 0 atom stereocenters. The lowest BCUT2D eigenvalue weighted by Gasteiger charge is -2.22. The third kappa shape index (κ3) is 2.55. The molecule has 6 heteroatoms. The number of nitrogens with zero attached hydrogens (tertiary/aromatic N) is 3. The second-order valence-electron chi connectivity index (χ2n) is 7.62. The van der Waals surface area contributed by atoms with Crippen molar-refractivity contribution in [1.29, 1.82) is 0 Å². The Morgan fingerprint density at radius 1 is 0.625 bits per heavy atom. The highest BCUT2D eigenvalue weighted by atomic mass is 31.2. The van der Waals surface area contributed by atoms with E-state index in [1.54, 1.807) is 14.8 Å². The molecule has 0 spiro atoms. The molecule has 0 amide bonds. The first-order chi connectivity index (χ1) is 15.7. The second kappa shape index (κ2) is 7.04. The predicted octanol–water partition coefficient (Wildman–Crippen LogP) is 4.58. The van der Waals surface area contributed by atoms with Crippen molar-refractivity contribution in [3.8, 4) is 0 Å². The van der Waals surface area contributed by atoms with Crippen molar-refractivity contribution < 1.29 is 4.57 Å². The van der Waals surface area contributed by atoms with Crippen LogP contribution in [0.3, 0.4) is 0 Å². The first-order valence-electron chi connectivity index (χ1n) is 10.3. The molecule has 0 bridgehead atoms. The van der Waals surface area contributed by atoms with Crippen molar-refractivity contribution in [2.75, 3.05) is 0 Å². The summed E-state index contributed by atoms with van der Waals surface area (Å²) in [5, 5.41) is 1.89. The number of imidazole rings is 1. The lowest BCUT2D eigenvalue weighted by molar-refractivity contribution is 0.583. The molecule has 0 radical (unpaired) electrons. The molecule has 2 aromatic heterocycles. The largest absolute Gasteiger partial charge is 0.289 e. The Hall–Kier alpha value is -3.95. The summed E-state index contributed by atoms with van der Waals surface area (Å²) >= 11 is 0. The molecule has 0 fully saturated rings. The minimum atomic E-state index is -3.42. The maximum atomic E-state index is 15.2. The monoisotopic (exact) mass is 435 g/mol. The predicted molar refractivity (Wildman–Crippen MR) is 130 cm³/mol. The molecule has 0 saturated carbocycles. The Labute approximate surface area is 183 Å². The number of para-hydroxylation sites is 3. The third-order valence-electron chi connectivity index (χ3n) is 5.79. The van der Waals surface area contributed by atoms with Crippen molar-refractivity contribution in [1.82, 2.24) is 13.7 Å². The zero-order chi connectivity index (χ0) is 21.7. The molecule has 0 saturated heterocycles. The van der Waals surface area contributed by atoms with Gasteiger partial charge in [0.05, 0.1) is 21.9 Å². The first-order valence-corrected chi connectivity index (χ1v) is 12.0. The second-order valence-corrected chi connectivity index (χ2v) is 10.2. The van der Waals surface area contributed by atoms with Crippen LogP contribution < -0.4 is 16.2 Å². The lowest BCUT2D eigenvalue weighted by atomic mass is 10.2. The smallest absolute Gasteiger partial charge is 0.267 e. The van der Waals surface area contributed by atoms with Crippen LogP contribution in [0.1, 0.15) is 0 Å². The third-order valence-corrected chi connectivity index (χ3v) is 8.75. The molecule has 6 rings (SSSR count). The van der Waals surface area contributed by atoms with Gasteiger partial charge in [-0.25, -0.2) is 9.38 Å². The van der Waals surface area contributed by atoms with E-state index in [2.05, 4.69) is 0 Å². The Morgan fingerprint density at radius 3 is 1.81 bits per heavy atom. The number of hydrogen-bond acceptors (Lipinski definition) is 3. The molecular weight excluding hydrogens is 417 g/mol. The number of rotatable bonds is 3. The van der Waals surface area contributed by atoms with E-state index in [0.29, 0.717) is 38.3 Å². The van der Waals surface area contributed by atoms with Crippen LogP contribution in [0.4, 0.5) is 0 Å². The van der Waals surface area contributed by atoms with Gasteiger partial charge in [-0.3, -0.25) is 13.7 Å². The molecule has 0 unspecified atom stereocenters. The standard InChI is InChI=1S/C26H18N3O2P/c30-25-21-15-7-8-16-22(21)27-26-28(25)23-17-9-10-18-24(23)29(26)32(31,19-11-3-1-4-12-19)20-13-5-2-6-14-20/h1-18H. The van der Waals surface area contributed by atoms with E-state index in [1.165, 1.54) is 0 Å². The van der Waals surface area contributed by atoms with Gasteiger partial charge in [-0.1, -0.05) is 60.7 Å². The number of benzene rings is 4. The van der Waals surface area contributed by atoms with Gasteiger partial charge in [-0.05, 0) is 48.5 Å². The average Bonchev–Trinajstić information content (AvgIpc) is 3.19. The van der Waals surface area contributed by atoms with E-state index in [-0.39, 0.29) is 5.56 Å². The molecule has 0 aliphatic heterocycles. The summed E-state index contributed by atoms with van der Waals surface area (Å²) in [6, 6.07) is 33.6. The Morgan fingerprint density at radius 2 is 1.16 bits per heavy atom. The van der Waals surface area contributed by atoms with Gasteiger partial charge in [0.1, 0.15) is 0 Å². The maximum Gasteiger partial charge on any atom is 0.267 e. The van der Waals surface area contributed by atoms with Crippen LogP contribution in [0.2, 0.25) is 0 Å². The van der Waals surface area contributed by atoms with Crippen LogP contribution in [0.5, 0.6) is 0 Å². The zero-order valence-corrected chi connectivity index (χ0v) is 17.9. The van der Waals surface area contributed by atoms with Gasteiger partial charge in [-0.15, -0.1) is 0 Å². The Bertz CT molecular complexity index is 1680. The first kappa shape index (κ1) is 18.8. The van der Waals surface area contributed by atoms with E-state index < -0.39 is 7.29 Å². The fourth-order valence-electron chi connectivity index (χ4n) is 4.34. The van der Waals surface area contributed by atoms with Gasteiger partial charge in [0.15, 0.2) is 0 Å². The molecule has 2 heterocycles. The van der Waals surface area contributed by atoms with E-state index >= 15 is 4.57 Å². The normalized spacial score (nSPS) is 12.0. The summed E-state index contributed by atoms with van der Waals surface area (Å²) in [5.74, 6) is 0.367. The summed E-state index contributed by atoms with van der Waals surface area (Å²) in [4.78, 5) is 18.4. The van der Waals surface area contributed by atoms with Gasteiger partial charge < -0.3 is 0 Å². The minimum Gasteiger partial charge on any atom is -0.289 e. The van der Waals surface area contributed by atoms with E-state index in [4.69, 9.17) is 4.98 Å². The number of hydrogen-bond donors (Lipinski definition) is 0. The van der Waals surface area contributed by atoms with Crippen molar-refractivity contribution in [2.24, 2.45) is 0 Å². The molecular formula is C26H18N3O2P. The number of fused-ring (bicyclic) bond motifs is 4. The summed E-state index contributed by atoms with van der Waals surface area (Å²) in [5.41, 5.74) is 1.78. The van der Waals surface area contributed by atoms with Crippen LogP contribution in [-0.4, -0.2) is 13.7 Å². The highest BCUT2D eigenvalue weighted by molar-refractivity contribution is 7.77. The van der Waals surface area contributed by atoms with Gasteiger partial charge in [0.25, 0.3) is 5.56 Å². The van der Waals surface area contributed by atoms with Crippen molar-refractivity contribution in [3.63, 3.8) is 0 Å². The molecule has 154 valence electrons. The van der Waals surface area contributed by atoms with Crippen molar-refractivity contribution in [2.45, 2.75) is 0 Å². The van der Waals surface area contributed by atoms with Gasteiger partial charge in [0, 0.05) is 10.6 Å². The zero-order valence-electron chi connectivity index (χ0n) is 17.0. The highest BCUT2D eigenvalue weighted by Crippen LogP contribution is 2.48.